The average molecular weight is 600 g/mol. The van der Waals surface area contributed by atoms with Gasteiger partial charge in [-0.3, -0.25) is 14.5 Å². The molecule has 3 heterocycles. The molecule has 0 saturated carbocycles. The number of methoxy groups -OCH3 is 2. The van der Waals surface area contributed by atoms with Crippen molar-refractivity contribution in [1.29, 1.82) is 0 Å². The molecule has 2 aliphatic rings. The first-order valence-corrected chi connectivity index (χ1v) is 14.1. The van der Waals surface area contributed by atoms with Crippen molar-refractivity contribution in [2.75, 3.05) is 52.3 Å². The van der Waals surface area contributed by atoms with Gasteiger partial charge in [0.05, 0.1) is 48.4 Å². The maximum atomic E-state index is 13.0. The minimum atomic E-state index is -0.322. The Morgan fingerprint density at radius 1 is 1.07 bits per heavy atom. The molecule has 2 unspecified atom stereocenters. The van der Waals surface area contributed by atoms with Gasteiger partial charge < -0.3 is 25.0 Å². The number of amides is 2. The molecule has 2 saturated heterocycles. The van der Waals surface area contributed by atoms with E-state index in [0.717, 1.165) is 36.9 Å². The first-order chi connectivity index (χ1) is 19.8. The number of nitrogens with zero attached hydrogens (tertiary/aromatic N) is 4. The fourth-order valence-corrected chi connectivity index (χ4v) is 6.06. The van der Waals surface area contributed by atoms with E-state index in [2.05, 4.69) is 27.1 Å². The second kappa shape index (κ2) is 12.5. The standard InChI is InChI=1S/C29H32Cl2N6O4/c1-4-24(38)33-20-14-37(25(39)16-36-9-5-6-10-36)15-21(20)35-29-32-13-18-11-17(7-8-19(18)34-29)26-27(30)22(40-2)12-23(41-3)28(26)31/h4,7-8,11-13,20-21H,1,5-6,9-10,14-16H2,2-3H3,(H,33,38)(H,32,34,35). The Morgan fingerprint density at radius 2 is 1.76 bits per heavy atom. The van der Waals surface area contributed by atoms with Gasteiger partial charge in [-0.05, 0) is 49.7 Å². The van der Waals surface area contributed by atoms with Crippen molar-refractivity contribution in [2.45, 2.75) is 24.9 Å². The lowest BCUT2D eigenvalue weighted by atomic mass is 10.0. The smallest absolute Gasteiger partial charge is 0.243 e. The van der Waals surface area contributed by atoms with Gasteiger partial charge in [0.15, 0.2) is 0 Å². The van der Waals surface area contributed by atoms with Crippen LogP contribution < -0.4 is 20.1 Å². The molecule has 2 aromatic carbocycles. The van der Waals surface area contributed by atoms with E-state index < -0.39 is 0 Å². The minimum absolute atomic E-state index is 0.0486. The quantitative estimate of drug-likeness (QED) is 0.356. The molecule has 2 N–H and O–H groups in total. The van der Waals surface area contributed by atoms with E-state index in [9.17, 15) is 9.59 Å². The number of hydrogen-bond donors (Lipinski definition) is 2. The maximum Gasteiger partial charge on any atom is 0.243 e. The Hall–Kier alpha value is -3.60. The lowest BCUT2D eigenvalue weighted by Gasteiger charge is -2.20. The van der Waals surface area contributed by atoms with Gasteiger partial charge in [0, 0.05) is 36.3 Å². The van der Waals surface area contributed by atoms with Gasteiger partial charge in [-0.1, -0.05) is 35.8 Å². The lowest BCUT2D eigenvalue weighted by molar-refractivity contribution is -0.131. The van der Waals surface area contributed by atoms with E-state index in [0.29, 0.717) is 58.2 Å². The molecule has 10 nitrogen and oxygen atoms in total. The van der Waals surface area contributed by atoms with Crippen LogP contribution in [0.3, 0.4) is 0 Å². The molecule has 12 heteroatoms. The van der Waals surface area contributed by atoms with Crippen LogP contribution in [0, 0.1) is 0 Å². The summed E-state index contributed by atoms with van der Waals surface area (Å²) in [7, 11) is 3.06. The van der Waals surface area contributed by atoms with Crippen LogP contribution >= 0.6 is 23.2 Å². The summed E-state index contributed by atoms with van der Waals surface area (Å²) in [5.74, 6) is 1.03. The fourth-order valence-electron chi connectivity index (χ4n) is 5.34. The number of nitrogens with one attached hydrogen (secondary N) is 2. The van der Waals surface area contributed by atoms with Crippen LogP contribution in [0.15, 0.2) is 43.1 Å². The fraction of sp³-hybridized carbons (Fsp3) is 0.379. The van der Waals surface area contributed by atoms with Gasteiger partial charge in [0.25, 0.3) is 0 Å². The first kappa shape index (κ1) is 28.9. The monoisotopic (exact) mass is 598 g/mol. The van der Waals surface area contributed by atoms with E-state index in [4.69, 9.17) is 37.7 Å². The lowest BCUT2D eigenvalue weighted by Crippen LogP contribution is -2.45. The Morgan fingerprint density at radius 3 is 2.41 bits per heavy atom. The molecule has 2 amide bonds. The summed E-state index contributed by atoms with van der Waals surface area (Å²) in [5, 5.41) is 7.78. The minimum Gasteiger partial charge on any atom is -0.495 e. The second-order valence-electron chi connectivity index (χ2n) is 10.1. The highest BCUT2D eigenvalue weighted by Crippen LogP contribution is 2.46. The van der Waals surface area contributed by atoms with Crippen molar-refractivity contribution in [2.24, 2.45) is 0 Å². The van der Waals surface area contributed by atoms with Crippen molar-refractivity contribution < 1.29 is 19.1 Å². The molecule has 1 aromatic heterocycles. The van der Waals surface area contributed by atoms with Crippen molar-refractivity contribution >= 4 is 51.9 Å². The van der Waals surface area contributed by atoms with Crippen molar-refractivity contribution in [3.63, 3.8) is 0 Å². The molecule has 0 aliphatic carbocycles. The molecule has 5 rings (SSSR count). The van der Waals surface area contributed by atoms with Gasteiger partial charge in [0.2, 0.25) is 17.8 Å². The predicted octanol–water partition coefficient (Wildman–Crippen LogP) is 4.01. The van der Waals surface area contributed by atoms with Crippen LogP contribution in [0.25, 0.3) is 22.0 Å². The molecule has 216 valence electrons. The van der Waals surface area contributed by atoms with Crippen molar-refractivity contribution in [3.05, 3.63) is 53.2 Å². The molecule has 41 heavy (non-hydrogen) atoms. The zero-order valence-corrected chi connectivity index (χ0v) is 24.5. The number of fused-ring (bicyclic) bond motifs is 1. The second-order valence-corrected chi connectivity index (χ2v) is 10.9. The molecule has 2 aliphatic heterocycles. The van der Waals surface area contributed by atoms with Gasteiger partial charge in [-0.25, -0.2) is 9.97 Å². The Labute approximate surface area is 248 Å². The normalized spacial score (nSPS) is 18.9. The topological polar surface area (TPSA) is 109 Å². The third kappa shape index (κ3) is 6.19. The number of benzene rings is 2. The highest BCUT2D eigenvalue weighted by Gasteiger charge is 2.37. The number of aromatic nitrogens is 2. The number of likely N-dealkylation sites (tertiary alicyclic amines) is 2. The number of ether oxygens (including phenoxy) is 2. The van der Waals surface area contributed by atoms with E-state index in [-0.39, 0.29) is 23.9 Å². The van der Waals surface area contributed by atoms with Crippen molar-refractivity contribution in [1.82, 2.24) is 25.1 Å². The third-order valence-corrected chi connectivity index (χ3v) is 8.25. The number of carbonyl (C=O) groups is 2. The maximum absolute atomic E-state index is 13.0. The van der Waals surface area contributed by atoms with Crippen LogP contribution in [0.1, 0.15) is 12.8 Å². The summed E-state index contributed by atoms with van der Waals surface area (Å²) < 4.78 is 10.8. The predicted molar refractivity (Wildman–Crippen MR) is 160 cm³/mol. The van der Waals surface area contributed by atoms with Gasteiger partial charge in [0.1, 0.15) is 11.5 Å². The zero-order valence-electron chi connectivity index (χ0n) is 23.0. The SMILES string of the molecule is C=CC(=O)NC1CN(C(=O)CN2CCCC2)CC1Nc1ncc2cc(-c3c(Cl)c(OC)cc(OC)c3Cl)ccc2n1. The molecule has 2 fully saturated rings. The molecule has 0 radical (unpaired) electrons. The Bertz CT molecular complexity index is 1450. The van der Waals surface area contributed by atoms with Crippen LogP contribution in [-0.2, 0) is 9.59 Å². The van der Waals surface area contributed by atoms with Crippen LogP contribution in [0.2, 0.25) is 10.0 Å². The van der Waals surface area contributed by atoms with Crippen LogP contribution in [0.4, 0.5) is 5.95 Å². The third-order valence-electron chi connectivity index (χ3n) is 7.50. The van der Waals surface area contributed by atoms with E-state index in [1.165, 1.54) is 20.3 Å². The number of anilines is 1. The first-order valence-electron chi connectivity index (χ1n) is 13.4. The summed E-state index contributed by atoms with van der Waals surface area (Å²) in [5.41, 5.74) is 2.03. The summed E-state index contributed by atoms with van der Waals surface area (Å²) in [4.78, 5) is 38.3. The highest BCUT2D eigenvalue weighted by molar-refractivity contribution is 6.41. The number of halogens is 2. The summed E-state index contributed by atoms with van der Waals surface area (Å²) in [6.45, 7) is 6.63. The number of rotatable bonds is 9. The number of carbonyl (C=O) groups excluding carboxylic acids is 2. The molecule has 0 spiro atoms. The number of hydrogen-bond acceptors (Lipinski definition) is 8. The average Bonchev–Trinajstić information content (AvgIpc) is 3.63. The zero-order chi connectivity index (χ0) is 29.1. The molecular formula is C29H32Cl2N6O4. The van der Waals surface area contributed by atoms with Crippen LogP contribution in [0.5, 0.6) is 11.5 Å². The summed E-state index contributed by atoms with van der Waals surface area (Å²) in [6, 6.07) is 6.66. The van der Waals surface area contributed by atoms with E-state index in [1.807, 2.05) is 18.2 Å². The van der Waals surface area contributed by atoms with Crippen LogP contribution in [-0.4, -0.2) is 90.6 Å². The van der Waals surface area contributed by atoms with Gasteiger partial charge >= 0.3 is 0 Å². The van der Waals surface area contributed by atoms with Gasteiger partial charge in [-0.15, -0.1) is 0 Å². The molecule has 2 atom stereocenters. The largest absolute Gasteiger partial charge is 0.495 e. The summed E-state index contributed by atoms with van der Waals surface area (Å²) >= 11 is 13.2. The summed E-state index contributed by atoms with van der Waals surface area (Å²) in [6.07, 6.45) is 5.16. The molecule has 0 bridgehead atoms. The van der Waals surface area contributed by atoms with Gasteiger partial charge in [-0.2, -0.15) is 0 Å². The van der Waals surface area contributed by atoms with E-state index >= 15 is 0 Å². The highest BCUT2D eigenvalue weighted by atomic mass is 35.5. The van der Waals surface area contributed by atoms with E-state index in [1.54, 1.807) is 17.2 Å². The Kier molecular flexibility index (Phi) is 8.82. The molecular weight excluding hydrogens is 567 g/mol. The Balaban J connectivity index is 1.37. The molecule has 3 aromatic rings. The van der Waals surface area contributed by atoms with Crippen molar-refractivity contribution in [3.8, 4) is 22.6 Å².